The maximum atomic E-state index is 5.95. The SMILES string of the molecule is COc1cccc2c1NC(C)(C)c1ssc(=Nc3ccc(OCc4ccc(Cl)cc4)cc3)c1-2. The summed E-state index contributed by atoms with van der Waals surface area (Å²) in [5, 5.41) is 4.38. The third kappa shape index (κ3) is 4.38. The number of methoxy groups -OCH3 is 1. The molecule has 1 N–H and O–H groups in total. The molecule has 0 saturated heterocycles. The molecule has 0 saturated carbocycles. The van der Waals surface area contributed by atoms with Crippen LogP contribution in [-0.2, 0) is 12.1 Å². The van der Waals surface area contributed by atoms with Crippen LogP contribution in [0.1, 0.15) is 24.3 Å². The number of hydrogen-bond acceptors (Lipinski definition) is 6. The molecule has 4 nitrogen and oxygen atoms in total. The fraction of sp³-hybridized carbons (Fsp3) is 0.192. The van der Waals surface area contributed by atoms with Gasteiger partial charge in [-0.3, -0.25) is 0 Å². The van der Waals surface area contributed by atoms with Gasteiger partial charge >= 0.3 is 0 Å². The zero-order chi connectivity index (χ0) is 23.0. The first-order chi connectivity index (χ1) is 15.9. The number of halogens is 1. The highest BCUT2D eigenvalue weighted by molar-refractivity contribution is 7.68. The Hall–Kier alpha value is -2.80. The van der Waals surface area contributed by atoms with Gasteiger partial charge in [0, 0.05) is 16.1 Å². The van der Waals surface area contributed by atoms with Gasteiger partial charge in [0.2, 0.25) is 0 Å². The Balaban J connectivity index is 1.45. The number of benzene rings is 3. The summed E-state index contributed by atoms with van der Waals surface area (Å²) in [5.74, 6) is 1.65. The molecule has 3 aromatic carbocycles. The van der Waals surface area contributed by atoms with Crippen molar-refractivity contribution in [3.63, 3.8) is 0 Å². The average Bonchev–Trinajstić information content (AvgIpc) is 3.24. The van der Waals surface area contributed by atoms with Crippen molar-refractivity contribution in [1.29, 1.82) is 0 Å². The fourth-order valence-corrected chi connectivity index (χ4v) is 6.94. The van der Waals surface area contributed by atoms with E-state index in [1.54, 1.807) is 27.8 Å². The van der Waals surface area contributed by atoms with Gasteiger partial charge in [0.25, 0.3) is 0 Å². The zero-order valence-corrected chi connectivity index (χ0v) is 20.9. The summed E-state index contributed by atoms with van der Waals surface area (Å²) >= 11 is 5.95. The standard InChI is InChI=1S/C26H23ClN2O2S2/c1-26(2)24-22(20-5-4-6-21(30-3)23(20)29-26)25(33-32-24)28-18-11-13-19(14-12-18)31-15-16-7-9-17(27)10-8-16/h4-14,29H,15H2,1-3H3. The van der Waals surface area contributed by atoms with Crippen LogP contribution in [-0.4, -0.2) is 7.11 Å². The molecule has 0 radical (unpaired) electrons. The van der Waals surface area contributed by atoms with Crippen molar-refractivity contribution in [2.75, 3.05) is 12.4 Å². The second-order valence-corrected chi connectivity index (χ2v) is 10.9. The largest absolute Gasteiger partial charge is 0.495 e. The Bertz CT molecular complexity index is 1360. The van der Waals surface area contributed by atoms with Crippen molar-refractivity contribution < 1.29 is 9.47 Å². The molecule has 5 rings (SSSR count). The molecule has 0 bridgehead atoms. The second kappa shape index (κ2) is 8.86. The summed E-state index contributed by atoms with van der Waals surface area (Å²) in [5.41, 5.74) is 5.10. The van der Waals surface area contributed by atoms with Crippen LogP contribution < -0.4 is 19.5 Å². The van der Waals surface area contributed by atoms with Crippen LogP contribution >= 0.6 is 32.3 Å². The molecule has 1 aliphatic heterocycles. The van der Waals surface area contributed by atoms with Gasteiger partial charge in [-0.1, -0.05) is 56.5 Å². The van der Waals surface area contributed by atoms with Gasteiger partial charge in [-0.25, -0.2) is 4.99 Å². The first-order valence-corrected chi connectivity index (χ1v) is 13.1. The van der Waals surface area contributed by atoms with Gasteiger partial charge in [-0.05, 0) is 61.9 Å². The Morgan fingerprint density at radius 1 is 0.970 bits per heavy atom. The van der Waals surface area contributed by atoms with Crippen LogP contribution in [0.4, 0.5) is 11.4 Å². The highest BCUT2D eigenvalue weighted by Gasteiger charge is 2.35. The molecule has 0 unspecified atom stereocenters. The van der Waals surface area contributed by atoms with Crippen LogP contribution in [0.2, 0.25) is 5.02 Å². The van der Waals surface area contributed by atoms with E-state index in [1.165, 1.54) is 10.4 Å². The number of para-hydroxylation sites is 1. The third-order valence-electron chi connectivity index (χ3n) is 5.55. The van der Waals surface area contributed by atoms with E-state index in [4.69, 9.17) is 26.1 Å². The van der Waals surface area contributed by atoms with Gasteiger partial charge in [0.15, 0.2) is 0 Å². The van der Waals surface area contributed by atoms with E-state index in [9.17, 15) is 0 Å². The highest BCUT2D eigenvalue weighted by Crippen LogP contribution is 2.48. The van der Waals surface area contributed by atoms with Crippen molar-refractivity contribution in [3.8, 4) is 22.6 Å². The number of rotatable bonds is 5. The summed E-state index contributed by atoms with van der Waals surface area (Å²) < 4.78 is 12.5. The van der Waals surface area contributed by atoms with Crippen molar-refractivity contribution in [1.82, 2.24) is 0 Å². The lowest BCUT2D eigenvalue weighted by atomic mass is 9.89. The van der Waals surface area contributed by atoms with E-state index < -0.39 is 0 Å². The molecule has 168 valence electrons. The Labute approximate surface area is 205 Å². The number of nitrogens with one attached hydrogen (secondary N) is 1. The minimum absolute atomic E-state index is 0.203. The number of anilines is 1. The summed E-state index contributed by atoms with van der Waals surface area (Å²) in [6.45, 7) is 4.89. The molecular weight excluding hydrogens is 472 g/mol. The van der Waals surface area contributed by atoms with E-state index in [0.29, 0.717) is 6.61 Å². The number of ether oxygens (including phenoxy) is 2. The van der Waals surface area contributed by atoms with E-state index in [1.807, 2.05) is 60.7 Å². The maximum Gasteiger partial charge on any atom is 0.142 e. The number of hydrogen-bond donors (Lipinski definition) is 1. The quantitative estimate of drug-likeness (QED) is 0.290. The molecular formula is C26H23ClN2O2S2. The van der Waals surface area contributed by atoms with Crippen molar-refractivity contribution in [2.45, 2.75) is 26.0 Å². The maximum absolute atomic E-state index is 5.95. The summed E-state index contributed by atoms with van der Waals surface area (Å²) in [6.07, 6.45) is 0. The molecule has 0 amide bonds. The van der Waals surface area contributed by atoms with Gasteiger partial charge in [0.05, 0.1) is 28.9 Å². The van der Waals surface area contributed by atoms with Crippen LogP contribution in [0.15, 0.2) is 71.7 Å². The number of fused-ring (bicyclic) bond motifs is 3. The summed E-state index contributed by atoms with van der Waals surface area (Å²) in [4.78, 5) is 6.28. The molecule has 7 heteroatoms. The van der Waals surface area contributed by atoms with Gasteiger partial charge in [-0.2, -0.15) is 0 Å². The van der Waals surface area contributed by atoms with E-state index >= 15 is 0 Å². The fourth-order valence-electron chi connectivity index (χ4n) is 3.88. The Morgan fingerprint density at radius 3 is 2.45 bits per heavy atom. The molecule has 33 heavy (non-hydrogen) atoms. The van der Waals surface area contributed by atoms with Crippen molar-refractivity contribution in [3.05, 3.63) is 86.9 Å². The van der Waals surface area contributed by atoms with Crippen molar-refractivity contribution >= 4 is 43.7 Å². The molecule has 2 heterocycles. The normalized spacial score (nSPS) is 14.2. The van der Waals surface area contributed by atoms with Gasteiger partial charge < -0.3 is 14.8 Å². The lowest BCUT2D eigenvalue weighted by molar-refractivity contribution is 0.306. The summed E-state index contributed by atoms with van der Waals surface area (Å²) in [6, 6.07) is 21.7. The molecule has 0 atom stereocenters. The molecule has 0 aliphatic carbocycles. The highest BCUT2D eigenvalue weighted by atomic mass is 35.5. The van der Waals surface area contributed by atoms with Crippen LogP contribution in [0.3, 0.4) is 0 Å². The first kappa shape index (κ1) is 22.0. The smallest absolute Gasteiger partial charge is 0.142 e. The third-order valence-corrected chi connectivity index (χ3v) is 8.44. The van der Waals surface area contributed by atoms with E-state index in [-0.39, 0.29) is 5.54 Å². The predicted octanol–water partition coefficient (Wildman–Crippen LogP) is 7.61. The zero-order valence-electron chi connectivity index (χ0n) is 18.5. The first-order valence-electron chi connectivity index (χ1n) is 10.6. The minimum Gasteiger partial charge on any atom is -0.495 e. The van der Waals surface area contributed by atoms with E-state index in [2.05, 4.69) is 25.2 Å². The van der Waals surface area contributed by atoms with Crippen LogP contribution in [0.5, 0.6) is 11.5 Å². The van der Waals surface area contributed by atoms with Crippen molar-refractivity contribution in [2.24, 2.45) is 4.99 Å². The molecule has 0 spiro atoms. The molecule has 1 aliphatic rings. The second-order valence-electron chi connectivity index (χ2n) is 8.33. The predicted molar refractivity (Wildman–Crippen MR) is 138 cm³/mol. The van der Waals surface area contributed by atoms with E-state index in [0.717, 1.165) is 43.7 Å². The van der Waals surface area contributed by atoms with Gasteiger partial charge in [0.1, 0.15) is 22.8 Å². The Morgan fingerprint density at radius 2 is 1.73 bits per heavy atom. The topological polar surface area (TPSA) is 42.8 Å². The number of nitrogens with zero attached hydrogens (tertiary/aromatic N) is 1. The lowest BCUT2D eigenvalue weighted by Gasteiger charge is -2.34. The monoisotopic (exact) mass is 494 g/mol. The lowest BCUT2D eigenvalue weighted by Crippen LogP contribution is -2.32. The van der Waals surface area contributed by atoms with Crippen LogP contribution in [0, 0.1) is 0 Å². The molecule has 0 fully saturated rings. The summed E-state index contributed by atoms with van der Waals surface area (Å²) in [7, 11) is 5.19. The van der Waals surface area contributed by atoms with Gasteiger partial charge in [-0.15, -0.1) is 0 Å². The van der Waals surface area contributed by atoms with Crippen LogP contribution in [0.25, 0.3) is 11.1 Å². The molecule has 4 aromatic rings. The Kier molecular flexibility index (Phi) is 5.91. The average molecular weight is 495 g/mol. The molecule has 1 aromatic heterocycles. The minimum atomic E-state index is -0.203.